The average molecular weight is 158 g/mol. The molecule has 1 unspecified atom stereocenters. The monoisotopic (exact) mass is 158 g/mol. The number of aliphatic carboxylic acids is 1. The summed E-state index contributed by atoms with van der Waals surface area (Å²) in [6.45, 7) is 1.99. The smallest absolute Gasteiger partial charge is 0.336 e. The fourth-order valence-electron chi connectivity index (χ4n) is 0.535. The van der Waals surface area contributed by atoms with Gasteiger partial charge in [-0.25, -0.2) is 4.79 Å². The molecular formula is C7H10O4. The molecule has 1 N–H and O–H groups in total. The summed E-state index contributed by atoms with van der Waals surface area (Å²) in [7, 11) is 0. The van der Waals surface area contributed by atoms with Crippen molar-refractivity contribution in [3.63, 3.8) is 0 Å². The Labute approximate surface area is 64.5 Å². The predicted octanol–water partition coefficient (Wildman–Crippen LogP) is 0.231. The topological polar surface area (TPSA) is 63.6 Å². The highest BCUT2D eigenvalue weighted by Gasteiger charge is 2.11. The second-order valence-electron chi connectivity index (χ2n) is 1.74. The van der Waals surface area contributed by atoms with Crippen LogP contribution in [0.4, 0.5) is 0 Å². The molecule has 0 fully saturated rings. The number of aldehydes is 1. The molecular weight excluding hydrogens is 148 g/mol. The lowest BCUT2D eigenvalue weighted by Gasteiger charge is -2.05. The molecule has 4 heteroatoms. The largest absolute Gasteiger partial charge is 0.479 e. The molecule has 11 heavy (non-hydrogen) atoms. The van der Waals surface area contributed by atoms with Gasteiger partial charge in [-0.3, -0.25) is 4.79 Å². The van der Waals surface area contributed by atoms with E-state index in [0.29, 0.717) is 12.9 Å². The second kappa shape index (κ2) is 5.61. The van der Waals surface area contributed by atoms with E-state index in [4.69, 9.17) is 9.84 Å². The lowest BCUT2D eigenvalue weighted by Crippen LogP contribution is -2.21. The first-order valence-corrected chi connectivity index (χ1v) is 3.18. The Bertz CT molecular complexity index is 162. The van der Waals surface area contributed by atoms with Crippen LogP contribution in [-0.2, 0) is 14.3 Å². The maximum Gasteiger partial charge on any atom is 0.336 e. The summed E-state index contributed by atoms with van der Waals surface area (Å²) < 4.78 is 4.76. The normalized spacial score (nSPS) is 13.2. The number of hydrogen-bond donors (Lipinski definition) is 1. The van der Waals surface area contributed by atoms with Gasteiger partial charge in [0.05, 0.1) is 0 Å². The lowest BCUT2D eigenvalue weighted by atomic mass is 10.3. The highest BCUT2D eigenvalue weighted by molar-refractivity contribution is 5.76. The van der Waals surface area contributed by atoms with Gasteiger partial charge in [-0.1, -0.05) is 0 Å². The zero-order valence-corrected chi connectivity index (χ0v) is 6.19. The maximum atomic E-state index is 10.3. The Hall–Kier alpha value is -1.16. The summed E-state index contributed by atoms with van der Waals surface area (Å²) in [6.07, 6.45) is 1.80. The lowest BCUT2D eigenvalue weighted by molar-refractivity contribution is -0.146. The van der Waals surface area contributed by atoms with Crippen LogP contribution in [0.5, 0.6) is 0 Å². The molecule has 62 valence electrons. The van der Waals surface area contributed by atoms with E-state index in [1.807, 2.05) is 0 Å². The molecule has 0 aromatic heterocycles. The van der Waals surface area contributed by atoms with Crippen LogP contribution in [0.2, 0.25) is 0 Å². The molecule has 0 amide bonds. The summed E-state index contributed by atoms with van der Waals surface area (Å²) in [5.74, 6) is -1.09. The number of hydrogen-bond acceptors (Lipinski definition) is 3. The molecule has 0 radical (unpaired) electrons. The second-order valence-corrected chi connectivity index (χ2v) is 1.74. The van der Waals surface area contributed by atoms with Crippen molar-refractivity contribution < 1.29 is 19.4 Å². The van der Waals surface area contributed by atoms with E-state index in [9.17, 15) is 9.59 Å². The molecule has 0 aromatic carbocycles. The summed E-state index contributed by atoms with van der Waals surface area (Å²) in [5.41, 5.74) is 0. The molecule has 0 aliphatic heterocycles. The van der Waals surface area contributed by atoms with Crippen molar-refractivity contribution in [2.24, 2.45) is 0 Å². The molecule has 1 atom stereocenters. The van der Waals surface area contributed by atoms with Gasteiger partial charge in [-0.15, -0.1) is 0 Å². The van der Waals surface area contributed by atoms with Gasteiger partial charge in [-0.05, 0) is 19.1 Å². The first kappa shape index (κ1) is 9.84. The summed E-state index contributed by atoms with van der Waals surface area (Å²) in [6, 6.07) is 0. The molecule has 0 heterocycles. The maximum absolute atomic E-state index is 10.3. The van der Waals surface area contributed by atoms with E-state index >= 15 is 0 Å². The van der Waals surface area contributed by atoms with Gasteiger partial charge in [0.2, 0.25) is 0 Å². The first-order chi connectivity index (χ1) is 5.22. The first-order valence-electron chi connectivity index (χ1n) is 3.18. The fourth-order valence-corrected chi connectivity index (χ4v) is 0.535. The Balaban J connectivity index is 3.98. The summed E-state index contributed by atoms with van der Waals surface area (Å²) in [5, 5.41) is 8.44. The Morgan fingerprint density at radius 1 is 1.73 bits per heavy atom. The SMILES string of the molecule is CCOC(C=CC=O)C(=O)O. The van der Waals surface area contributed by atoms with Crippen molar-refractivity contribution in [1.82, 2.24) is 0 Å². The minimum absolute atomic E-state index is 0.306. The molecule has 4 nitrogen and oxygen atoms in total. The third-order valence-electron chi connectivity index (χ3n) is 0.954. The summed E-state index contributed by atoms with van der Waals surface area (Å²) in [4.78, 5) is 20.1. The molecule has 0 saturated carbocycles. The summed E-state index contributed by atoms with van der Waals surface area (Å²) >= 11 is 0. The highest BCUT2D eigenvalue weighted by atomic mass is 16.5. The predicted molar refractivity (Wildman–Crippen MR) is 38.3 cm³/mol. The number of ether oxygens (including phenoxy) is 1. The van der Waals surface area contributed by atoms with Crippen molar-refractivity contribution in [1.29, 1.82) is 0 Å². The number of rotatable bonds is 5. The number of carboxylic acid groups (broad SMARTS) is 1. The number of carbonyl (C=O) groups is 2. The van der Waals surface area contributed by atoms with Crippen LogP contribution in [0.3, 0.4) is 0 Å². The molecule has 0 aromatic rings. The number of allylic oxidation sites excluding steroid dienone is 1. The van der Waals surface area contributed by atoms with Gasteiger partial charge >= 0.3 is 5.97 Å². The van der Waals surface area contributed by atoms with Crippen molar-refractivity contribution in [3.8, 4) is 0 Å². The van der Waals surface area contributed by atoms with Crippen molar-refractivity contribution in [3.05, 3.63) is 12.2 Å². The van der Waals surface area contributed by atoms with E-state index in [1.54, 1.807) is 6.92 Å². The van der Waals surface area contributed by atoms with Gasteiger partial charge in [-0.2, -0.15) is 0 Å². The molecule has 0 rings (SSSR count). The van der Waals surface area contributed by atoms with Crippen LogP contribution in [0.1, 0.15) is 6.92 Å². The number of carboxylic acids is 1. The zero-order valence-electron chi connectivity index (χ0n) is 6.19. The number of carbonyl (C=O) groups excluding carboxylic acids is 1. The van der Waals surface area contributed by atoms with E-state index in [2.05, 4.69) is 0 Å². The van der Waals surface area contributed by atoms with E-state index in [1.165, 1.54) is 6.08 Å². The van der Waals surface area contributed by atoms with Crippen LogP contribution >= 0.6 is 0 Å². The van der Waals surface area contributed by atoms with Gasteiger partial charge in [0.1, 0.15) is 6.29 Å². The Morgan fingerprint density at radius 3 is 2.73 bits per heavy atom. The Kier molecular flexibility index (Phi) is 5.02. The van der Waals surface area contributed by atoms with Gasteiger partial charge < -0.3 is 9.84 Å². The van der Waals surface area contributed by atoms with Crippen molar-refractivity contribution in [2.45, 2.75) is 13.0 Å². The molecule has 0 spiro atoms. The minimum Gasteiger partial charge on any atom is -0.479 e. The molecule has 0 aliphatic carbocycles. The van der Waals surface area contributed by atoms with Gasteiger partial charge in [0, 0.05) is 6.61 Å². The van der Waals surface area contributed by atoms with Crippen LogP contribution < -0.4 is 0 Å². The van der Waals surface area contributed by atoms with E-state index in [-0.39, 0.29) is 0 Å². The Morgan fingerprint density at radius 2 is 2.36 bits per heavy atom. The van der Waals surface area contributed by atoms with Crippen LogP contribution in [-0.4, -0.2) is 30.1 Å². The van der Waals surface area contributed by atoms with E-state index < -0.39 is 12.1 Å². The molecule has 0 aliphatic rings. The van der Waals surface area contributed by atoms with Gasteiger partial charge in [0.15, 0.2) is 6.10 Å². The van der Waals surface area contributed by atoms with Crippen LogP contribution in [0, 0.1) is 0 Å². The van der Waals surface area contributed by atoms with Crippen molar-refractivity contribution in [2.75, 3.05) is 6.61 Å². The van der Waals surface area contributed by atoms with Crippen LogP contribution in [0.15, 0.2) is 12.2 Å². The average Bonchev–Trinajstić information content (AvgIpc) is 1.97. The third kappa shape index (κ3) is 4.27. The quantitative estimate of drug-likeness (QED) is 0.459. The van der Waals surface area contributed by atoms with Gasteiger partial charge in [0.25, 0.3) is 0 Å². The third-order valence-corrected chi connectivity index (χ3v) is 0.954. The van der Waals surface area contributed by atoms with E-state index in [0.717, 1.165) is 6.08 Å². The highest BCUT2D eigenvalue weighted by Crippen LogP contribution is 1.93. The zero-order chi connectivity index (χ0) is 8.69. The minimum atomic E-state index is -1.09. The molecule has 0 bridgehead atoms. The molecule has 0 saturated heterocycles. The standard InChI is InChI=1S/C7H10O4/c1-2-11-6(7(9)10)4-3-5-8/h3-6H,2H2,1H3,(H,9,10). The van der Waals surface area contributed by atoms with Crippen LogP contribution in [0.25, 0.3) is 0 Å². The van der Waals surface area contributed by atoms with Crippen molar-refractivity contribution >= 4 is 12.3 Å². The fraction of sp³-hybridized carbons (Fsp3) is 0.429.